The zero-order chi connectivity index (χ0) is 14.5. The van der Waals surface area contributed by atoms with Crippen molar-refractivity contribution in [1.29, 1.82) is 0 Å². The lowest BCUT2D eigenvalue weighted by molar-refractivity contribution is -0.384. The van der Waals surface area contributed by atoms with E-state index < -0.39 is 4.92 Å². The molecule has 0 bridgehead atoms. The number of aryl methyl sites for hydroxylation is 1. The first kappa shape index (κ1) is 14.2. The van der Waals surface area contributed by atoms with Crippen LogP contribution in [0.2, 0.25) is 0 Å². The van der Waals surface area contributed by atoms with E-state index in [2.05, 4.69) is 19.1 Å². The number of non-ortho nitro benzene ring substituents is 1. The second kappa shape index (κ2) is 6.30. The van der Waals surface area contributed by atoms with Gasteiger partial charge in [-0.1, -0.05) is 36.4 Å². The van der Waals surface area contributed by atoms with E-state index in [0.29, 0.717) is 6.42 Å². The molecular formula is C16H18N2O2. The highest BCUT2D eigenvalue weighted by atomic mass is 16.6. The van der Waals surface area contributed by atoms with E-state index in [-0.39, 0.29) is 11.7 Å². The second-order valence-electron chi connectivity index (χ2n) is 5.02. The maximum atomic E-state index is 10.6. The van der Waals surface area contributed by atoms with Gasteiger partial charge in [-0.25, -0.2) is 0 Å². The van der Waals surface area contributed by atoms with E-state index in [1.807, 2.05) is 12.1 Å². The first-order valence-electron chi connectivity index (χ1n) is 6.59. The number of rotatable bonds is 5. The molecule has 0 heterocycles. The smallest absolute Gasteiger partial charge is 0.269 e. The maximum Gasteiger partial charge on any atom is 0.269 e. The fourth-order valence-corrected chi connectivity index (χ4v) is 2.25. The van der Waals surface area contributed by atoms with Gasteiger partial charge in [0.05, 0.1) is 4.92 Å². The quantitative estimate of drug-likeness (QED) is 0.670. The summed E-state index contributed by atoms with van der Waals surface area (Å²) in [7, 11) is 0. The number of hydrogen-bond donors (Lipinski definition) is 1. The molecule has 0 saturated carbocycles. The Hall–Kier alpha value is -2.20. The minimum atomic E-state index is -0.392. The van der Waals surface area contributed by atoms with Gasteiger partial charge in [-0.3, -0.25) is 10.1 Å². The first-order valence-corrected chi connectivity index (χ1v) is 6.59. The largest absolute Gasteiger partial charge is 0.327 e. The molecule has 0 aromatic heterocycles. The van der Waals surface area contributed by atoms with Crippen LogP contribution in [0.1, 0.15) is 16.7 Å². The molecule has 20 heavy (non-hydrogen) atoms. The second-order valence-corrected chi connectivity index (χ2v) is 5.02. The highest BCUT2D eigenvalue weighted by Crippen LogP contribution is 2.15. The van der Waals surface area contributed by atoms with Crippen molar-refractivity contribution in [3.8, 4) is 0 Å². The van der Waals surface area contributed by atoms with Gasteiger partial charge in [0, 0.05) is 18.2 Å². The van der Waals surface area contributed by atoms with Crippen LogP contribution in [0.25, 0.3) is 0 Å². The number of nitro benzene ring substituents is 1. The zero-order valence-corrected chi connectivity index (χ0v) is 11.5. The molecule has 4 heteroatoms. The number of hydrogen-bond acceptors (Lipinski definition) is 3. The van der Waals surface area contributed by atoms with Crippen molar-refractivity contribution in [2.24, 2.45) is 5.73 Å². The normalized spacial score (nSPS) is 12.1. The fourth-order valence-electron chi connectivity index (χ4n) is 2.25. The molecule has 2 aromatic rings. The van der Waals surface area contributed by atoms with Crippen molar-refractivity contribution in [3.05, 3.63) is 75.3 Å². The Morgan fingerprint density at radius 2 is 1.75 bits per heavy atom. The number of nitrogens with two attached hydrogens (primary N) is 1. The molecule has 0 aliphatic rings. The molecule has 0 spiro atoms. The van der Waals surface area contributed by atoms with E-state index in [1.54, 1.807) is 12.1 Å². The van der Waals surface area contributed by atoms with Crippen molar-refractivity contribution in [2.45, 2.75) is 25.8 Å². The molecule has 0 saturated heterocycles. The molecule has 104 valence electrons. The van der Waals surface area contributed by atoms with Gasteiger partial charge in [-0.15, -0.1) is 0 Å². The SMILES string of the molecule is Cc1ccccc1CC(N)Cc1ccc([N+](=O)[O-])cc1. The van der Waals surface area contributed by atoms with Gasteiger partial charge in [0.15, 0.2) is 0 Å². The lowest BCUT2D eigenvalue weighted by Gasteiger charge is -2.13. The first-order chi connectivity index (χ1) is 9.56. The third-order valence-corrected chi connectivity index (χ3v) is 3.39. The molecular weight excluding hydrogens is 252 g/mol. The molecule has 0 aliphatic carbocycles. The highest BCUT2D eigenvalue weighted by Gasteiger charge is 2.09. The monoisotopic (exact) mass is 270 g/mol. The topological polar surface area (TPSA) is 69.2 Å². The van der Waals surface area contributed by atoms with Crippen LogP contribution in [-0.4, -0.2) is 11.0 Å². The Morgan fingerprint density at radius 1 is 1.10 bits per heavy atom. The molecule has 1 atom stereocenters. The van der Waals surface area contributed by atoms with Crippen LogP contribution < -0.4 is 5.73 Å². The minimum absolute atomic E-state index is 0.0116. The maximum absolute atomic E-state index is 10.6. The Labute approximate surface area is 118 Å². The number of benzene rings is 2. The van der Waals surface area contributed by atoms with Crippen LogP contribution in [0.4, 0.5) is 5.69 Å². The summed E-state index contributed by atoms with van der Waals surface area (Å²) >= 11 is 0. The summed E-state index contributed by atoms with van der Waals surface area (Å²) in [6.07, 6.45) is 1.52. The summed E-state index contributed by atoms with van der Waals surface area (Å²) in [4.78, 5) is 10.2. The predicted octanol–water partition coefficient (Wildman–Crippen LogP) is 3.02. The van der Waals surface area contributed by atoms with Crippen molar-refractivity contribution in [1.82, 2.24) is 0 Å². The zero-order valence-electron chi connectivity index (χ0n) is 11.5. The standard InChI is InChI=1S/C16H18N2O2/c1-12-4-2-3-5-14(12)11-15(17)10-13-6-8-16(9-7-13)18(19)20/h2-9,15H,10-11,17H2,1H3. The van der Waals surface area contributed by atoms with Gasteiger partial charge in [0.25, 0.3) is 5.69 Å². The third-order valence-electron chi connectivity index (χ3n) is 3.39. The summed E-state index contributed by atoms with van der Waals surface area (Å²) < 4.78 is 0. The van der Waals surface area contributed by atoms with Crippen molar-refractivity contribution < 1.29 is 4.92 Å². The number of nitrogens with zero attached hydrogens (tertiary/aromatic N) is 1. The van der Waals surface area contributed by atoms with Crippen molar-refractivity contribution in [3.63, 3.8) is 0 Å². The molecule has 2 rings (SSSR count). The van der Waals surface area contributed by atoms with Gasteiger partial charge in [-0.05, 0) is 36.5 Å². The van der Waals surface area contributed by atoms with Crippen LogP contribution in [0.5, 0.6) is 0 Å². The highest BCUT2D eigenvalue weighted by molar-refractivity contribution is 5.33. The summed E-state index contributed by atoms with van der Waals surface area (Å²) in [5, 5.41) is 10.6. The van der Waals surface area contributed by atoms with Crippen LogP contribution >= 0.6 is 0 Å². The average molecular weight is 270 g/mol. The molecule has 0 fully saturated rings. The Kier molecular flexibility index (Phi) is 4.48. The summed E-state index contributed by atoms with van der Waals surface area (Å²) in [5.41, 5.74) is 9.80. The van der Waals surface area contributed by atoms with Crippen LogP contribution in [0.3, 0.4) is 0 Å². The molecule has 0 radical (unpaired) electrons. The molecule has 0 aliphatic heterocycles. The van der Waals surface area contributed by atoms with Crippen molar-refractivity contribution >= 4 is 5.69 Å². The Bertz CT molecular complexity index is 594. The fraction of sp³-hybridized carbons (Fsp3) is 0.250. The summed E-state index contributed by atoms with van der Waals surface area (Å²) in [6.45, 7) is 2.08. The van der Waals surface area contributed by atoms with Gasteiger partial charge >= 0.3 is 0 Å². The molecule has 1 unspecified atom stereocenters. The van der Waals surface area contributed by atoms with Crippen LogP contribution in [0.15, 0.2) is 48.5 Å². The van der Waals surface area contributed by atoms with E-state index in [0.717, 1.165) is 12.0 Å². The third kappa shape index (κ3) is 3.65. The van der Waals surface area contributed by atoms with E-state index in [1.165, 1.54) is 23.3 Å². The van der Waals surface area contributed by atoms with E-state index in [4.69, 9.17) is 5.73 Å². The summed E-state index contributed by atoms with van der Waals surface area (Å²) in [6, 6.07) is 14.8. The molecule has 2 N–H and O–H groups in total. The van der Waals surface area contributed by atoms with Crippen LogP contribution in [0, 0.1) is 17.0 Å². The summed E-state index contributed by atoms with van der Waals surface area (Å²) in [5.74, 6) is 0. The molecule has 4 nitrogen and oxygen atoms in total. The Morgan fingerprint density at radius 3 is 2.35 bits per heavy atom. The van der Waals surface area contributed by atoms with Crippen molar-refractivity contribution in [2.75, 3.05) is 0 Å². The van der Waals surface area contributed by atoms with Gasteiger partial charge in [0.2, 0.25) is 0 Å². The van der Waals surface area contributed by atoms with Gasteiger partial charge < -0.3 is 5.73 Å². The van der Waals surface area contributed by atoms with Gasteiger partial charge in [-0.2, -0.15) is 0 Å². The Balaban J connectivity index is 1.99. The number of nitro groups is 1. The molecule has 0 amide bonds. The lowest BCUT2D eigenvalue weighted by Crippen LogP contribution is -2.25. The van der Waals surface area contributed by atoms with E-state index in [9.17, 15) is 10.1 Å². The minimum Gasteiger partial charge on any atom is -0.327 e. The predicted molar refractivity (Wildman–Crippen MR) is 79.7 cm³/mol. The van der Waals surface area contributed by atoms with Crippen LogP contribution in [-0.2, 0) is 12.8 Å². The average Bonchev–Trinajstić information content (AvgIpc) is 2.42. The van der Waals surface area contributed by atoms with Gasteiger partial charge in [0.1, 0.15) is 0 Å². The molecule has 2 aromatic carbocycles. The lowest BCUT2D eigenvalue weighted by atomic mass is 9.97. The van der Waals surface area contributed by atoms with E-state index >= 15 is 0 Å².